The Morgan fingerprint density at radius 1 is 1.00 bits per heavy atom. The number of nitrogens with two attached hydrogens (primary N) is 1. The highest BCUT2D eigenvalue weighted by molar-refractivity contribution is 5.39. The van der Waals surface area contributed by atoms with Crippen molar-refractivity contribution >= 4 is 5.69 Å². The third-order valence-electron chi connectivity index (χ3n) is 2.90. The minimum atomic E-state index is 0.692. The van der Waals surface area contributed by atoms with Gasteiger partial charge < -0.3 is 15.2 Å². The molecule has 2 N–H and O–H groups in total. The van der Waals surface area contributed by atoms with Crippen molar-refractivity contribution in [2.75, 3.05) is 19.5 Å². The summed E-state index contributed by atoms with van der Waals surface area (Å²) in [4.78, 5) is 0. The zero-order valence-corrected chi connectivity index (χ0v) is 11.1. The Bertz CT molecular complexity index is 508. The Morgan fingerprint density at radius 3 is 2.47 bits per heavy atom. The summed E-state index contributed by atoms with van der Waals surface area (Å²) in [6.07, 6.45) is 1.96. The molecule has 0 radical (unpaired) electrons. The summed E-state index contributed by atoms with van der Waals surface area (Å²) in [5.41, 5.74) is 7.73. The maximum Gasteiger partial charge on any atom is 0.122 e. The van der Waals surface area contributed by atoms with Gasteiger partial charge in [-0.05, 0) is 42.7 Å². The van der Waals surface area contributed by atoms with Gasteiger partial charge in [0.1, 0.15) is 11.5 Å². The smallest absolute Gasteiger partial charge is 0.122 e. The van der Waals surface area contributed by atoms with Crippen LogP contribution in [0.2, 0.25) is 0 Å². The van der Waals surface area contributed by atoms with Gasteiger partial charge in [-0.3, -0.25) is 0 Å². The highest BCUT2D eigenvalue weighted by atomic mass is 16.5. The minimum absolute atomic E-state index is 0.692. The van der Waals surface area contributed by atoms with Crippen LogP contribution in [-0.2, 0) is 6.42 Å². The number of methoxy groups -OCH3 is 1. The first-order valence-corrected chi connectivity index (χ1v) is 6.39. The predicted molar refractivity (Wildman–Crippen MR) is 77.7 cm³/mol. The molecular formula is C16H19NO2. The quantitative estimate of drug-likeness (QED) is 0.638. The van der Waals surface area contributed by atoms with E-state index in [9.17, 15) is 0 Å². The first-order chi connectivity index (χ1) is 9.28. The van der Waals surface area contributed by atoms with Crippen molar-refractivity contribution in [1.29, 1.82) is 0 Å². The molecule has 0 saturated heterocycles. The van der Waals surface area contributed by atoms with Gasteiger partial charge in [0, 0.05) is 11.8 Å². The van der Waals surface area contributed by atoms with Crippen LogP contribution >= 0.6 is 0 Å². The normalized spacial score (nSPS) is 10.2. The molecule has 2 aromatic rings. The zero-order chi connectivity index (χ0) is 13.5. The fraction of sp³-hybridized carbons (Fsp3) is 0.250. The molecule has 0 saturated carbocycles. The van der Waals surface area contributed by atoms with E-state index in [1.807, 2.05) is 36.4 Å². The molecule has 2 rings (SSSR count). The van der Waals surface area contributed by atoms with E-state index in [1.165, 1.54) is 5.56 Å². The van der Waals surface area contributed by atoms with Crippen LogP contribution in [0.15, 0.2) is 48.5 Å². The van der Waals surface area contributed by atoms with Crippen LogP contribution < -0.4 is 15.2 Å². The van der Waals surface area contributed by atoms with Gasteiger partial charge in [0.25, 0.3) is 0 Å². The number of benzene rings is 2. The molecule has 3 nitrogen and oxygen atoms in total. The Balaban J connectivity index is 1.75. The number of nitrogen functional groups attached to an aromatic ring is 1. The number of ether oxygens (including phenoxy) is 2. The molecule has 0 fully saturated rings. The summed E-state index contributed by atoms with van der Waals surface area (Å²) in [5, 5.41) is 0. The topological polar surface area (TPSA) is 44.5 Å². The molecule has 0 amide bonds. The summed E-state index contributed by atoms with van der Waals surface area (Å²) in [7, 11) is 1.65. The van der Waals surface area contributed by atoms with Crippen molar-refractivity contribution in [2.24, 2.45) is 0 Å². The van der Waals surface area contributed by atoms with Gasteiger partial charge in [-0.25, -0.2) is 0 Å². The molecule has 0 unspecified atom stereocenters. The summed E-state index contributed by atoms with van der Waals surface area (Å²) in [6.45, 7) is 0.692. The summed E-state index contributed by atoms with van der Waals surface area (Å²) < 4.78 is 10.8. The Kier molecular flexibility index (Phi) is 4.67. The van der Waals surface area contributed by atoms with Gasteiger partial charge in [0.05, 0.1) is 13.7 Å². The molecule has 0 aromatic heterocycles. The van der Waals surface area contributed by atoms with Crippen molar-refractivity contribution in [3.63, 3.8) is 0 Å². The van der Waals surface area contributed by atoms with Crippen LogP contribution in [0, 0.1) is 0 Å². The second kappa shape index (κ2) is 6.69. The lowest BCUT2D eigenvalue weighted by Gasteiger charge is -2.07. The zero-order valence-electron chi connectivity index (χ0n) is 11.1. The van der Waals surface area contributed by atoms with Crippen LogP contribution in [0.5, 0.6) is 11.5 Å². The number of hydrogen-bond donors (Lipinski definition) is 1. The Morgan fingerprint density at radius 2 is 1.74 bits per heavy atom. The molecule has 19 heavy (non-hydrogen) atoms. The third-order valence-corrected chi connectivity index (χ3v) is 2.90. The van der Waals surface area contributed by atoms with E-state index in [1.54, 1.807) is 7.11 Å². The van der Waals surface area contributed by atoms with E-state index in [0.29, 0.717) is 6.61 Å². The van der Waals surface area contributed by atoms with Gasteiger partial charge in [-0.15, -0.1) is 0 Å². The van der Waals surface area contributed by atoms with Crippen LogP contribution in [0.3, 0.4) is 0 Å². The van der Waals surface area contributed by atoms with Gasteiger partial charge in [-0.1, -0.05) is 18.2 Å². The molecular weight excluding hydrogens is 238 g/mol. The van der Waals surface area contributed by atoms with Gasteiger partial charge in [-0.2, -0.15) is 0 Å². The van der Waals surface area contributed by atoms with Crippen molar-refractivity contribution in [1.82, 2.24) is 0 Å². The van der Waals surface area contributed by atoms with Crippen LogP contribution in [0.25, 0.3) is 0 Å². The van der Waals surface area contributed by atoms with E-state index in [2.05, 4.69) is 12.1 Å². The number of aryl methyl sites for hydroxylation is 1. The predicted octanol–water partition coefficient (Wildman–Crippen LogP) is 3.29. The van der Waals surface area contributed by atoms with Crippen molar-refractivity contribution in [3.05, 3.63) is 54.1 Å². The lowest BCUT2D eigenvalue weighted by Crippen LogP contribution is -1.99. The number of anilines is 1. The minimum Gasteiger partial charge on any atom is -0.497 e. The third kappa shape index (κ3) is 4.21. The molecule has 3 heteroatoms. The largest absolute Gasteiger partial charge is 0.497 e. The molecule has 0 aliphatic heterocycles. The monoisotopic (exact) mass is 257 g/mol. The first-order valence-electron chi connectivity index (χ1n) is 6.39. The lowest BCUT2D eigenvalue weighted by molar-refractivity contribution is 0.308. The van der Waals surface area contributed by atoms with Crippen LogP contribution in [0.4, 0.5) is 5.69 Å². The average Bonchev–Trinajstić information content (AvgIpc) is 2.46. The standard InChI is InChI=1S/C16H19NO2/c1-18-15-5-2-6-16(12-15)19-11-3-4-13-7-9-14(17)10-8-13/h2,5-10,12H,3-4,11,17H2,1H3. The summed E-state index contributed by atoms with van der Waals surface area (Å²) in [6, 6.07) is 15.6. The first kappa shape index (κ1) is 13.3. The Hall–Kier alpha value is -2.16. The van der Waals surface area contributed by atoms with Crippen LogP contribution in [-0.4, -0.2) is 13.7 Å². The van der Waals surface area contributed by atoms with Gasteiger partial charge in [0.2, 0.25) is 0 Å². The van der Waals surface area contributed by atoms with Gasteiger partial charge in [0.15, 0.2) is 0 Å². The van der Waals surface area contributed by atoms with E-state index in [4.69, 9.17) is 15.2 Å². The van der Waals surface area contributed by atoms with E-state index in [-0.39, 0.29) is 0 Å². The molecule has 0 heterocycles. The van der Waals surface area contributed by atoms with E-state index < -0.39 is 0 Å². The van der Waals surface area contributed by atoms with Gasteiger partial charge >= 0.3 is 0 Å². The highest BCUT2D eigenvalue weighted by Gasteiger charge is 1.97. The lowest BCUT2D eigenvalue weighted by atomic mass is 10.1. The fourth-order valence-electron chi connectivity index (χ4n) is 1.84. The number of hydrogen-bond acceptors (Lipinski definition) is 3. The molecule has 0 bridgehead atoms. The second-order valence-corrected chi connectivity index (χ2v) is 4.37. The SMILES string of the molecule is COc1cccc(OCCCc2ccc(N)cc2)c1. The van der Waals surface area contributed by atoms with Crippen molar-refractivity contribution in [2.45, 2.75) is 12.8 Å². The molecule has 0 aliphatic rings. The average molecular weight is 257 g/mol. The van der Waals surface area contributed by atoms with E-state index in [0.717, 1.165) is 30.0 Å². The van der Waals surface area contributed by atoms with E-state index >= 15 is 0 Å². The van der Waals surface area contributed by atoms with Crippen LogP contribution in [0.1, 0.15) is 12.0 Å². The van der Waals surface area contributed by atoms with Crippen molar-refractivity contribution < 1.29 is 9.47 Å². The highest BCUT2D eigenvalue weighted by Crippen LogP contribution is 2.19. The fourth-order valence-corrected chi connectivity index (χ4v) is 1.84. The molecule has 2 aromatic carbocycles. The Labute approximate surface area is 114 Å². The molecule has 0 atom stereocenters. The maximum absolute atomic E-state index is 5.69. The molecule has 0 spiro atoms. The maximum atomic E-state index is 5.69. The van der Waals surface area contributed by atoms with Crippen molar-refractivity contribution in [3.8, 4) is 11.5 Å². The molecule has 0 aliphatic carbocycles. The number of rotatable bonds is 6. The second-order valence-electron chi connectivity index (χ2n) is 4.37. The summed E-state index contributed by atoms with van der Waals surface area (Å²) in [5.74, 6) is 1.66. The summed E-state index contributed by atoms with van der Waals surface area (Å²) >= 11 is 0. The molecule has 100 valence electrons.